The fraction of sp³-hybridized carbons (Fsp3) is 0.545. The molecule has 1 aromatic heterocycles. The molecule has 0 bridgehead atoms. The van der Waals surface area contributed by atoms with Crippen LogP contribution in [0, 0.1) is 5.92 Å². The highest BCUT2D eigenvalue weighted by molar-refractivity contribution is 5.51. The number of aromatic nitrogens is 2. The van der Waals surface area contributed by atoms with E-state index in [1.165, 1.54) is 11.1 Å². The summed E-state index contributed by atoms with van der Waals surface area (Å²) in [7, 11) is 3.91. The Kier molecular flexibility index (Phi) is 3.89. The first kappa shape index (κ1) is 11.0. The van der Waals surface area contributed by atoms with E-state index in [2.05, 4.69) is 30.3 Å². The van der Waals surface area contributed by atoms with Crippen molar-refractivity contribution in [3.05, 3.63) is 23.5 Å². The van der Waals surface area contributed by atoms with Gasteiger partial charge in [-0.15, -0.1) is 0 Å². The van der Waals surface area contributed by atoms with Gasteiger partial charge in [-0.3, -0.25) is 4.68 Å². The molecule has 1 heterocycles. The van der Waals surface area contributed by atoms with Gasteiger partial charge in [0.2, 0.25) is 0 Å². The molecule has 3 heteroatoms. The molecule has 0 amide bonds. The first-order valence-corrected chi connectivity index (χ1v) is 4.97. The van der Waals surface area contributed by atoms with Crippen LogP contribution in [-0.4, -0.2) is 23.4 Å². The summed E-state index contributed by atoms with van der Waals surface area (Å²) in [6, 6.07) is 0. The summed E-state index contributed by atoms with van der Waals surface area (Å²) in [5.74, 6) is 0.572. The molecule has 3 nitrogen and oxygen atoms in total. The van der Waals surface area contributed by atoms with E-state index in [1.54, 1.807) is 0 Å². The number of nitrogens with one attached hydrogen (secondary N) is 1. The topological polar surface area (TPSA) is 29.9 Å². The molecular weight excluding hydrogens is 174 g/mol. The van der Waals surface area contributed by atoms with Gasteiger partial charge in [0.15, 0.2) is 0 Å². The number of aryl methyl sites for hydroxylation is 1. The Morgan fingerprint density at radius 1 is 1.64 bits per heavy atom. The van der Waals surface area contributed by atoms with E-state index in [0.717, 1.165) is 6.54 Å². The van der Waals surface area contributed by atoms with Crippen LogP contribution in [0.25, 0.3) is 6.08 Å². The Bertz CT molecular complexity index is 310. The lowest BCUT2D eigenvalue weighted by molar-refractivity contribution is 0.713. The van der Waals surface area contributed by atoms with Crippen molar-refractivity contribution >= 4 is 6.08 Å². The minimum atomic E-state index is 0.572. The zero-order valence-corrected chi connectivity index (χ0v) is 9.41. The second kappa shape index (κ2) is 4.96. The summed E-state index contributed by atoms with van der Waals surface area (Å²) in [5, 5.41) is 7.32. The van der Waals surface area contributed by atoms with Gasteiger partial charge < -0.3 is 5.32 Å². The monoisotopic (exact) mass is 193 g/mol. The Labute approximate surface area is 85.8 Å². The zero-order chi connectivity index (χ0) is 10.6. The molecule has 0 saturated heterocycles. The van der Waals surface area contributed by atoms with Crippen LogP contribution in [0.5, 0.6) is 0 Å². The van der Waals surface area contributed by atoms with Gasteiger partial charge in [0.25, 0.3) is 0 Å². The van der Waals surface area contributed by atoms with Crippen molar-refractivity contribution in [3.8, 4) is 0 Å². The maximum atomic E-state index is 4.14. The van der Waals surface area contributed by atoms with Crippen molar-refractivity contribution in [2.45, 2.75) is 13.8 Å². The highest BCUT2D eigenvalue weighted by Gasteiger charge is 2.02. The summed E-state index contributed by atoms with van der Waals surface area (Å²) in [6.45, 7) is 5.35. The normalized spacial score (nSPS) is 12.5. The second-order valence-electron chi connectivity index (χ2n) is 3.85. The van der Waals surface area contributed by atoms with Crippen molar-refractivity contribution in [2.24, 2.45) is 13.0 Å². The molecule has 0 aliphatic rings. The maximum absolute atomic E-state index is 4.14. The molecule has 1 rings (SSSR count). The minimum absolute atomic E-state index is 0.572. The molecule has 0 aliphatic carbocycles. The van der Waals surface area contributed by atoms with Gasteiger partial charge in [-0.2, -0.15) is 5.10 Å². The SMILES string of the molecule is CNCC(=Cc1cnn(C)c1)C(C)C. The van der Waals surface area contributed by atoms with Crippen LogP contribution >= 0.6 is 0 Å². The van der Waals surface area contributed by atoms with Gasteiger partial charge in [-0.25, -0.2) is 0 Å². The molecule has 0 unspecified atom stereocenters. The summed E-state index contributed by atoms with van der Waals surface area (Å²) < 4.78 is 1.82. The average Bonchev–Trinajstić information content (AvgIpc) is 2.50. The third-order valence-electron chi connectivity index (χ3n) is 2.20. The van der Waals surface area contributed by atoms with Crippen LogP contribution in [0.15, 0.2) is 18.0 Å². The van der Waals surface area contributed by atoms with Gasteiger partial charge in [-0.1, -0.05) is 25.5 Å². The lowest BCUT2D eigenvalue weighted by Crippen LogP contribution is -2.13. The summed E-state index contributed by atoms with van der Waals surface area (Å²) >= 11 is 0. The predicted octanol–water partition coefficient (Wildman–Crippen LogP) is 1.68. The van der Waals surface area contributed by atoms with Gasteiger partial charge in [0.05, 0.1) is 6.20 Å². The quantitative estimate of drug-likeness (QED) is 0.788. The zero-order valence-electron chi connectivity index (χ0n) is 9.41. The molecule has 0 radical (unpaired) electrons. The standard InChI is InChI=1S/C11H19N3/c1-9(2)11(7-12-3)5-10-6-13-14(4)8-10/h5-6,8-9,12H,7H2,1-4H3. The van der Waals surface area contributed by atoms with E-state index in [-0.39, 0.29) is 0 Å². The number of nitrogens with zero attached hydrogens (tertiary/aromatic N) is 2. The summed E-state index contributed by atoms with van der Waals surface area (Å²) in [4.78, 5) is 0. The van der Waals surface area contributed by atoms with Crippen molar-refractivity contribution in [3.63, 3.8) is 0 Å². The molecular formula is C11H19N3. The predicted molar refractivity (Wildman–Crippen MR) is 59.9 cm³/mol. The Morgan fingerprint density at radius 3 is 2.79 bits per heavy atom. The van der Waals surface area contributed by atoms with E-state index in [0.29, 0.717) is 5.92 Å². The van der Waals surface area contributed by atoms with E-state index in [1.807, 2.05) is 31.2 Å². The number of hydrogen-bond acceptors (Lipinski definition) is 2. The van der Waals surface area contributed by atoms with Crippen LogP contribution < -0.4 is 5.32 Å². The largest absolute Gasteiger partial charge is 0.316 e. The second-order valence-corrected chi connectivity index (χ2v) is 3.85. The first-order valence-electron chi connectivity index (χ1n) is 4.97. The third kappa shape index (κ3) is 3.00. The van der Waals surface area contributed by atoms with Crippen LogP contribution in [-0.2, 0) is 7.05 Å². The fourth-order valence-electron chi connectivity index (χ4n) is 1.35. The maximum Gasteiger partial charge on any atom is 0.0562 e. The molecule has 78 valence electrons. The molecule has 0 fully saturated rings. The number of likely N-dealkylation sites (N-methyl/N-ethyl adjacent to an activating group) is 1. The molecule has 0 aliphatic heterocycles. The average molecular weight is 193 g/mol. The van der Waals surface area contributed by atoms with E-state index in [4.69, 9.17) is 0 Å². The van der Waals surface area contributed by atoms with E-state index < -0.39 is 0 Å². The summed E-state index contributed by atoms with van der Waals surface area (Å²) in [6.07, 6.45) is 6.12. The van der Waals surface area contributed by atoms with Gasteiger partial charge in [-0.05, 0) is 13.0 Å². The van der Waals surface area contributed by atoms with Crippen molar-refractivity contribution in [2.75, 3.05) is 13.6 Å². The Morgan fingerprint density at radius 2 is 2.36 bits per heavy atom. The molecule has 1 aromatic rings. The smallest absolute Gasteiger partial charge is 0.0562 e. The van der Waals surface area contributed by atoms with Crippen molar-refractivity contribution in [1.82, 2.24) is 15.1 Å². The molecule has 0 spiro atoms. The summed E-state index contributed by atoms with van der Waals surface area (Å²) in [5.41, 5.74) is 2.58. The van der Waals surface area contributed by atoms with Gasteiger partial charge >= 0.3 is 0 Å². The fourth-order valence-corrected chi connectivity index (χ4v) is 1.35. The Balaban J connectivity index is 2.81. The van der Waals surface area contributed by atoms with Crippen LogP contribution in [0.3, 0.4) is 0 Å². The highest BCUT2D eigenvalue weighted by atomic mass is 15.2. The molecule has 14 heavy (non-hydrogen) atoms. The Hall–Kier alpha value is -1.09. The molecule has 0 saturated carbocycles. The molecule has 0 atom stereocenters. The minimum Gasteiger partial charge on any atom is -0.316 e. The number of hydrogen-bond donors (Lipinski definition) is 1. The highest BCUT2D eigenvalue weighted by Crippen LogP contribution is 2.13. The van der Waals surface area contributed by atoms with Crippen LogP contribution in [0.1, 0.15) is 19.4 Å². The molecule has 1 N–H and O–H groups in total. The van der Waals surface area contributed by atoms with Gasteiger partial charge in [0, 0.05) is 25.4 Å². The van der Waals surface area contributed by atoms with Crippen molar-refractivity contribution < 1.29 is 0 Å². The van der Waals surface area contributed by atoms with Gasteiger partial charge in [0.1, 0.15) is 0 Å². The number of rotatable bonds is 4. The lowest BCUT2D eigenvalue weighted by Gasteiger charge is -2.09. The van der Waals surface area contributed by atoms with Crippen molar-refractivity contribution in [1.29, 1.82) is 0 Å². The molecule has 0 aromatic carbocycles. The van der Waals surface area contributed by atoms with Crippen LogP contribution in [0.2, 0.25) is 0 Å². The van der Waals surface area contributed by atoms with Crippen LogP contribution in [0.4, 0.5) is 0 Å². The van der Waals surface area contributed by atoms with E-state index in [9.17, 15) is 0 Å². The first-order chi connectivity index (χ1) is 6.63. The third-order valence-corrected chi connectivity index (χ3v) is 2.20. The van der Waals surface area contributed by atoms with E-state index >= 15 is 0 Å². The lowest BCUT2D eigenvalue weighted by atomic mass is 10.0.